The number of nitrogens with one attached hydrogen (secondary N) is 1. The smallest absolute Gasteiger partial charge is 0.251 e. The number of hydrogen-bond acceptors (Lipinski definition) is 3. The van der Waals surface area contributed by atoms with Gasteiger partial charge in [-0.15, -0.1) is 11.3 Å². The van der Waals surface area contributed by atoms with Crippen LogP contribution >= 0.6 is 34.5 Å². The summed E-state index contributed by atoms with van der Waals surface area (Å²) in [6.07, 6.45) is 0. The highest BCUT2D eigenvalue weighted by Crippen LogP contribution is 2.29. The average Bonchev–Trinajstić information content (AvgIpc) is 2.89. The number of nitrogens with two attached hydrogens (primary N) is 1. The van der Waals surface area contributed by atoms with E-state index in [0.29, 0.717) is 5.56 Å². The quantitative estimate of drug-likeness (QED) is 0.837. The van der Waals surface area contributed by atoms with Crippen molar-refractivity contribution in [2.24, 2.45) is 0 Å². The number of nitrogen functional groups attached to an aromatic ring is 1. The minimum absolute atomic E-state index is 0.0670. The lowest BCUT2D eigenvalue weighted by molar-refractivity contribution is 0.0940. The predicted molar refractivity (Wildman–Crippen MR) is 81.1 cm³/mol. The molecule has 0 radical (unpaired) electrons. The van der Waals surface area contributed by atoms with Crippen molar-refractivity contribution in [2.75, 3.05) is 5.73 Å². The van der Waals surface area contributed by atoms with E-state index in [1.165, 1.54) is 12.1 Å². The van der Waals surface area contributed by atoms with E-state index in [0.717, 1.165) is 4.88 Å². The molecule has 1 amide bonds. The lowest BCUT2D eigenvalue weighted by Gasteiger charge is -2.13. The molecule has 0 aliphatic heterocycles. The van der Waals surface area contributed by atoms with Gasteiger partial charge in [-0.05, 0) is 30.5 Å². The number of carbonyl (C=O) groups is 1. The molecule has 2 rings (SSSR count). The maximum Gasteiger partial charge on any atom is 0.251 e. The summed E-state index contributed by atoms with van der Waals surface area (Å²) >= 11 is 13.4. The lowest BCUT2D eigenvalue weighted by Crippen LogP contribution is -2.26. The summed E-state index contributed by atoms with van der Waals surface area (Å²) in [4.78, 5) is 13.2. The lowest BCUT2D eigenvalue weighted by atomic mass is 10.1. The first kappa shape index (κ1) is 14.2. The maximum atomic E-state index is 12.1. The van der Waals surface area contributed by atoms with Gasteiger partial charge in [0.05, 0.1) is 21.8 Å². The number of hydrogen-bond donors (Lipinski definition) is 2. The van der Waals surface area contributed by atoms with Crippen molar-refractivity contribution in [1.82, 2.24) is 5.32 Å². The van der Waals surface area contributed by atoms with E-state index in [2.05, 4.69) is 5.32 Å². The van der Waals surface area contributed by atoms with Crippen molar-refractivity contribution in [3.05, 3.63) is 50.1 Å². The summed E-state index contributed by atoms with van der Waals surface area (Å²) < 4.78 is 0. The van der Waals surface area contributed by atoms with E-state index in [9.17, 15) is 4.79 Å². The summed E-state index contributed by atoms with van der Waals surface area (Å²) in [5, 5.41) is 5.41. The van der Waals surface area contributed by atoms with Crippen LogP contribution < -0.4 is 11.1 Å². The fourth-order valence-corrected chi connectivity index (χ4v) is 2.83. The number of benzene rings is 1. The standard InChI is InChI=1S/C13H12Cl2N2OS/c1-7(11-3-2-4-19-11)17-13(18)8-5-9(14)12(16)10(15)6-8/h2-7H,16H2,1H3,(H,17,18)/t7-/m1/s1. The summed E-state index contributed by atoms with van der Waals surface area (Å²) in [7, 11) is 0. The number of carbonyl (C=O) groups excluding carboxylic acids is 1. The summed E-state index contributed by atoms with van der Waals surface area (Å²) in [6.45, 7) is 1.92. The zero-order valence-electron chi connectivity index (χ0n) is 10.1. The molecule has 19 heavy (non-hydrogen) atoms. The molecular formula is C13H12Cl2N2OS. The second-order valence-corrected chi connectivity index (χ2v) is 5.86. The minimum atomic E-state index is -0.232. The molecule has 1 heterocycles. The molecular weight excluding hydrogens is 303 g/mol. The number of thiophene rings is 1. The van der Waals surface area contributed by atoms with Gasteiger partial charge in [-0.3, -0.25) is 4.79 Å². The van der Waals surface area contributed by atoms with Crippen LogP contribution in [0.25, 0.3) is 0 Å². The normalized spacial score (nSPS) is 12.2. The molecule has 0 aliphatic carbocycles. The number of halogens is 2. The van der Waals surface area contributed by atoms with Gasteiger partial charge in [0.25, 0.3) is 5.91 Å². The highest BCUT2D eigenvalue weighted by atomic mass is 35.5. The van der Waals surface area contributed by atoms with Crippen LogP contribution in [-0.4, -0.2) is 5.91 Å². The van der Waals surface area contributed by atoms with Gasteiger partial charge in [0.15, 0.2) is 0 Å². The molecule has 0 saturated heterocycles. The molecule has 0 saturated carbocycles. The largest absolute Gasteiger partial charge is 0.396 e. The average molecular weight is 315 g/mol. The Bertz CT molecular complexity index is 576. The van der Waals surface area contributed by atoms with E-state index in [1.54, 1.807) is 11.3 Å². The molecule has 3 nitrogen and oxygen atoms in total. The summed E-state index contributed by atoms with van der Waals surface area (Å²) in [5.41, 5.74) is 6.31. The molecule has 100 valence electrons. The third kappa shape index (κ3) is 3.21. The van der Waals surface area contributed by atoms with Gasteiger partial charge in [0.2, 0.25) is 0 Å². The Kier molecular flexibility index (Phi) is 4.34. The van der Waals surface area contributed by atoms with Crippen LogP contribution in [0.15, 0.2) is 29.6 Å². The molecule has 6 heteroatoms. The van der Waals surface area contributed by atoms with Crippen molar-refractivity contribution >= 4 is 46.1 Å². The monoisotopic (exact) mass is 314 g/mol. The molecule has 0 unspecified atom stereocenters. The highest BCUT2D eigenvalue weighted by molar-refractivity contribution is 7.10. The number of amides is 1. The molecule has 0 spiro atoms. The highest BCUT2D eigenvalue weighted by Gasteiger charge is 2.14. The first-order chi connectivity index (χ1) is 8.99. The molecule has 2 aromatic rings. The van der Waals surface area contributed by atoms with Gasteiger partial charge in [-0.25, -0.2) is 0 Å². The molecule has 0 bridgehead atoms. The van der Waals surface area contributed by atoms with Crippen molar-refractivity contribution in [3.63, 3.8) is 0 Å². The predicted octanol–water partition coefficient (Wildman–Crippen LogP) is 4.13. The van der Waals surface area contributed by atoms with E-state index in [-0.39, 0.29) is 27.7 Å². The molecule has 1 aromatic heterocycles. The second kappa shape index (κ2) is 5.82. The molecule has 1 aromatic carbocycles. The third-order valence-corrected chi connectivity index (χ3v) is 4.34. The first-order valence-corrected chi connectivity index (χ1v) is 7.21. The SMILES string of the molecule is C[C@@H](NC(=O)c1cc(Cl)c(N)c(Cl)c1)c1cccs1. The van der Waals surface area contributed by atoms with E-state index in [1.807, 2.05) is 24.4 Å². The molecule has 0 aliphatic rings. The fourth-order valence-electron chi connectivity index (χ4n) is 1.60. The summed E-state index contributed by atoms with van der Waals surface area (Å²) in [6, 6.07) is 6.87. The van der Waals surface area contributed by atoms with Crippen LogP contribution in [0.3, 0.4) is 0 Å². The van der Waals surface area contributed by atoms with Crippen LogP contribution in [0, 0.1) is 0 Å². The first-order valence-electron chi connectivity index (χ1n) is 5.58. The van der Waals surface area contributed by atoms with Gasteiger partial charge in [0.1, 0.15) is 0 Å². The number of rotatable bonds is 3. The van der Waals surface area contributed by atoms with E-state index < -0.39 is 0 Å². The van der Waals surface area contributed by atoms with Crippen molar-refractivity contribution in [1.29, 1.82) is 0 Å². The topological polar surface area (TPSA) is 55.1 Å². The van der Waals surface area contributed by atoms with Gasteiger partial charge < -0.3 is 11.1 Å². The molecule has 1 atom stereocenters. The third-order valence-electron chi connectivity index (χ3n) is 2.66. The molecule has 3 N–H and O–H groups in total. The van der Waals surface area contributed by atoms with Crippen LogP contribution in [0.4, 0.5) is 5.69 Å². The van der Waals surface area contributed by atoms with E-state index >= 15 is 0 Å². The van der Waals surface area contributed by atoms with Crippen LogP contribution in [-0.2, 0) is 0 Å². The van der Waals surface area contributed by atoms with Gasteiger partial charge >= 0.3 is 0 Å². The number of anilines is 1. The Labute approximate surface area is 125 Å². The van der Waals surface area contributed by atoms with Gasteiger partial charge in [-0.1, -0.05) is 29.3 Å². The van der Waals surface area contributed by atoms with Crippen LogP contribution in [0.1, 0.15) is 28.2 Å². The van der Waals surface area contributed by atoms with Crippen molar-refractivity contribution < 1.29 is 4.79 Å². The van der Waals surface area contributed by atoms with Crippen molar-refractivity contribution in [2.45, 2.75) is 13.0 Å². The zero-order valence-corrected chi connectivity index (χ0v) is 12.4. The zero-order chi connectivity index (χ0) is 14.0. The van der Waals surface area contributed by atoms with Crippen LogP contribution in [0.5, 0.6) is 0 Å². The second-order valence-electron chi connectivity index (χ2n) is 4.06. The van der Waals surface area contributed by atoms with Crippen molar-refractivity contribution in [3.8, 4) is 0 Å². The fraction of sp³-hybridized carbons (Fsp3) is 0.154. The van der Waals surface area contributed by atoms with E-state index in [4.69, 9.17) is 28.9 Å². The van der Waals surface area contributed by atoms with Crippen LogP contribution in [0.2, 0.25) is 10.0 Å². The summed E-state index contributed by atoms with van der Waals surface area (Å²) in [5.74, 6) is -0.232. The Morgan fingerprint density at radius 1 is 1.37 bits per heavy atom. The minimum Gasteiger partial charge on any atom is -0.396 e. The Morgan fingerprint density at radius 3 is 2.53 bits per heavy atom. The molecule has 0 fully saturated rings. The Balaban J connectivity index is 2.16. The Morgan fingerprint density at radius 2 is 2.00 bits per heavy atom. The van der Waals surface area contributed by atoms with Gasteiger partial charge in [-0.2, -0.15) is 0 Å². The van der Waals surface area contributed by atoms with Gasteiger partial charge in [0, 0.05) is 10.4 Å². The maximum absolute atomic E-state index is 12.1. The Hall–Kier alpha value is -1.23.